The van der Waals surface area contributed by atoms with Crippen LogP contribution in [-0.4, -0.2) is 16.0 Å². The number of aryl methyl sites for hydroxylation is 1. The van der Waals surface area contributed by atoms with Gasteiger partial charge in [-0.3, -0.25) is 0 Å². The third-order valence-electron chi connectivity index (χ3n) is 3.83. The summed E-state index contributed by atoms with van der Waals surface area (Å²) in [6, 6.07) is 6.84. The second-order valence-electron chi connectivity index (χ2n) is 5.10. The molecule has 3 N–H and O–H groups in total. The molecule has 1 aliphatic rings. The van der Waals surface area contributed by atoms with Gasteiger partial charge in [0.05, 0.1) is 11.0 Å². The zero-order chi connectivity index (χ0) is 11.8. The van der Waals surface area contributed by atoms with E-state index in [0.29, 0.717) is 12.0 Å². The zero-order valence-corrected chi connectivity index (χ0v) is 10.2. The summed E-state index contributed by atoms with van der Waals surface area (Å²) in [7, 11) is 0. The van der Waals surface area contributed by atoms with E-state index >= 15 is 0 Å². The van der Waals surface area contributed by atoms with Gasteiger partial charge in [-0.05, 0) is 43.4 Å². The molecule has 2 aromatic rings. The number of hydrogen-bond donors (Lipinski definition) is 2. The molecular formula is C14H19N3. The van der Waals surface area contributed by atoms with Gasteiger partial charge >= 0.3 is 0 Å². The van der Waals surface area contributed by atoms with Crippen LogP contribution in [0.15, 0.2) is 18.2 Å². The van der Waals surface area contributed by atoms with Gasteiger partial charge in [-0.15, -0.1) is 0 Å². The topological polar surface area (TPSA) is 54.7 Å². The maximum Gasteiger partial charge on any atom is 0.110 e. The molecule has 2 atom stereocenters. The first-order valence-corrected chi connectivity index (χ1v) is 6.50. The van der Waals surface area contributed by atoms with E-state index in [1.165, 1.54) is 17.5 Å². The van der Waals surface area contributed by atoms with Crippen LogP contribution < -0.4 is 5.73 Å². The number of rotatable bonds is 2. The number of aromatic nitrogens is 2. The first-order chi connectivity index (χ1) is 8.26. The maximum absolute atomic E-state index is 5.96. The van der Waals surface area contributed by atoms with Crippen LogP contribution in [0.4, 0.5) is 0 Å². The summed E-state index contributed by atoms with van der Waals surface area (Å²) in [4.78, 5) is 8.16. The van der Waals surface area contributed by atoms with Gasteiger partial charge in [0.1, 0.15) is 5.82 Å². The highest BCUT2D eigenvalue weighted by atomic mass is 14.9. The zero-order valence-electron chi connectivity index (χ0n) is 10.2. The summed E-state index contributed by atoms with van der Waals surface area (Å²) in [5.74, 6) is 1.66. The second kappa shape index (κ2) is 4.15. The normalized spacial score (nSPS) is 24.6. The van der Waals surface area contributed by atoms with Crippen LogP contribution in [-0.2, 0) is 6.42 Å². The monoisotopic (exact) mass is 229 g/mol. The highest BCUT2D eigenvalue weighted by Gasteiger charge is 2.25. The molecule has 0 amide bonds. The Morgan fingerprint density at radius 3 is 3.00 bits per heavy atom. The Labute approximate surface area is 101 Å². The molecule has 2 unspecified atom stereocenters. The van der Waals surface area contributed by atoms with Gasteiger partial charge in [-0.1, -0.05) is 13.0 Å². The highest BCUT2D eigenvalue weighted by molar-refractivity contribution is 5.76. The van der Waals surface area contributed by atoms with Crippen LogP contribution >= 0.6 is 0 Å². The van der Waals surface area contributed by atoms with E-state index in [-0.39, 0.29) is 0 Å². The van der Waals surface area contributed by atoms with Crippen LogP contribution in [0.5, 0.6) is 0 Å². The average Bonchev–Trinajstić information content (AvgIpc) is 2.93. The van der Waals surface area contributed by atoms with Gasteiger partial charge in [0.15, 0.2) is 0 Å². The minimum Gasteiger partial charge on any atom is -0.342 e. The molecule has 3 nitrogen and oxygen atoms in total. The highest BCUT2D eigenvalue weighted by Crippen LogP contribution is 2.32. The molecule has 1 heterocycles. The Hall–Kier alpha value is -1.35. The molecule has 0 radical (unpaired) electrons. The second-order valence-corrected chi connectivity index (χ2v) is 5.10. The summed E-state index contributed by atoms with van der Waals surface area (Å²) in [5, 5.41) is 0. The number of nitrogens with two attached hydrogens (primary N) is 1. The van der Waals surface area contributed by atoms with E-state index < -0.39 is 0 Å². The fourth-order valence-corrected chi connectivity index (χ4v) is 2.75. The predicted octanol–water partition coefficient (Wildman–Crippen LogP) is 2.72. The van der Waals surface area contributed by atoms with E-state index in [1.807, 2.05) is 0 Å². The molecule has 0 aliphatic heterocycles. The van der Waals surface area contributed by atoms with Crippen LogP contribution in [0.25, 0.3) is 11.0 Å². The SMILES string of the molecule is CCc1ccc2nc(C3CCC(N)C3)[nH]c2c1. The quantitative estimate of drug-likeness (QED) is 0.832. The summed E-state index contributed by atoms with van der Waals surface area (Å²) < 4.78 is 0. The molecule has 3 heteroatoms. The number of benzene rings is 1. The molecule has 1 saturated carbocycles. The molecule has 1 aromatic heterocycles. The lowest BCUT2D eigenvalue weighted by Crippen LogP contribution is -2.14. The fraction of sp³-hybridized carbons (Fsp3) is 0.500. The Kier molecular flexibility index (Phi) is 2.63. The number of hydrogen-bond acceptors (Lipinski definition) is 2. The Morgan fingerprint density at radius 1 is 1.41 bits per heavy atom. The number of imidazole rings is 1. The molecule has 1 aromatic carbocycles. The van der Waals surface area contributed by atoms with Gasteiger partial charge in [-0.25, -0.2) is 4.98 Å². The lowest BCUT2D eigenvalue weighted by Gasteiger charge is -2.04. The maximum atomic E-state index is 5.96. The van der Waals surface area contributed by atoms with E-state index in [0.717, 1.165) is 30.6 Å². The first kappa shape index (κ1) is 10.8. The summed E-state index contributed by atoms with van der Waals surface area (Å²) in [6.45, 7) is 2.18. The number of nitrogens with one attached hydrogen (secondary N) is 1. The van der Waals surface area contributed by atoms with Crippen LogP contribution in [0, 0.1) is 0 Å². The van der Waals surface area contributed by atoms with E-state index in [4.69, 9.17) is 10.7 Å². The molecular weight excluding hydrogens is 210 g/mol. The van der Waals surface area contributed by atoms with Crippen molar-refractivity contribution in [2.24, 2.45) is 5.73 Å². The molecule has 0 saturated heterocycles. The lowest BCUT2D eigenvalue weighted by atomic mass is 10.1. The number of H-pyrrole nitrogens is 1. The van der Waals surface area contributed by atoms with E-state index in [9.17, 15) is 0 Å². The summed E-state index contributed by atoms with van der Waals surface area (Å²) in [6.07, 6.45) is 4.43. The van der Waals surface area contributed by atoms with Crippen molar-refractivity contribution in [2.75, 3.05) is 0 Å². The average molecular weight is 229 g/mol. The molecule has 0 bridgehead atoms. The van der Waals surface area contributed by atoms with Crippen LogP contribution in [0.3, 0.4) is 0 Å². The van der Waals surface area contributed by atoms with Gasteiger partial charge < -0.3 is 10.7 Å². The molecule has 0 spiro atoms. The van der Waals surface area contributed by atoms with Crippen molar-refractivity contribution < 1.29 is 0 Å². The standard InChI is InChI=1S/C14H19N3/c1-2-9-3-6-12-13(7-9)17-14(16-12)10-4-5-11(15)8-10/h3,6-7,10-11H,2,4-5,8,15H2,1H3,(H,16,17). The van der Waals surface area contributed by atoms with Crippen molar-refractivity contribution >= 4 is 11.0 Å². The van der Waals surface area contributed by atoms with Crippen molar-refractivity contribution in [3.05, 3.63) is 29.6 Å². The third-order valence-corrected chi connectivity index (χ3v) is 3.83. The predicted molar refractivity (Wildman–Crippen MR) is 70.0 cm³/mol. The molecule has 17 heavy (non-hydrogen) atoms. The van der Waals surface area contributed by atoms with Gasteiger partial charge in [0.2, 0.25) is 0 Å². The van der Waals surface area contributed by atoms with Crippen molar-refractivity contribution in [3.8, 4) is 0 Å². The molecule has 1 fully saturated rings. The van der Waals surface area contributed by atoms with Gasteiger partial charge in [0, 0.05) is 12.0 Å². The van der Waals surface area contributed by atoms with E-state index in [1.54, 1.807) is 0 Å². The smallest absolute Gasteiger partial charge is 0.110 e. The fourth-order valence-electron chi connectivity index (χ4n) is 2.75. The Bertz CT molecular complexity index is 529. The number of nitrogens with zero attached hydrogens (tertiary/aromatic N) is 1. The van der Waals surface area contributed by atoms with Crippen molar-refractivity contribution in [1.29, 1.82) is 0 Å². The Balaban J connectivity index is 1.96. The molecule has 3 rings (SSSR count). The van der Waals surface area contributed by atoms with Crippen LogP contribution in [0.1, 0.15) is 43.5 Å². The lowest BCUT2D eigenvalue weighted by molar-refractivity contribution is 0.651. The summed E-state index contributed by atoms with van der Waals surface area (Å²) >= 11 is 0. The molecule has 90 valence electrons. The van der Waals surface area contributed by atoms with Crippen molar-refractivity contribution in [2.45, 2.75) is 44.6 Å². The third kappa shape index (κ3) is 1.95. The minimum atomic E-state index is 0.361. The van der Waals surface area contributed by atoms with Gasteiger partial charge in [-0.2, -0.15) is 0 Å². The minimum absolute atomic E-state index is 0.361. The number of aromatic amines is 1. The van der Waals surface area contributed by atoms with Crippen molar-refractivity contribution in [1.82, 2.24) is 9.97 Å². The largest absolute Gasteiger partial charge is 0.342 e. The first-order valence-electron chi connectivity index (χ1n) is 6.50. The Morgan fingerprint density at radius 2 is 2.29 bits per heavy atom. The van der Waals surface area contributed by atoms with E-state index in [2.05, 4.69) is 30.1 Å². The number of fused-ring (bicyclic) bond motifs is 1. The van der Waals surface area contributed by atoms with Crippen LogP contribution in [0.2, 0.25) is 0 Å². The molecule has 1 aliphatic carbocycles. The van der Waals surface area contributed by atoms with Crippen molar-refractivity contribution in [3.63, 3.8) is 0 Å². The van der Waals surface area contributed by atoms with Gasteiger partial charge in [0.25, 0.3) is 0 Å². The summed E-state index contributed by atoms with van der Waals surface area (Å²) in [5.41, 5.74) is 9.57.